The first-order valence-corrected chi connectivity index (χ1v) is 10.4. The van der Waals surface area contributed by atoms with Crippen LogP contribution in [0.4, 0.5) is 27.5 Å². The number of anilines is 4. The monoisotopic (exact) mass is 424 g/mol. The Morgan fingerprint density at radius 3 is 2.60 bits per heavy atom. The third-order valence-corrected chi connectivity index (χ3v) is 5.19. The van der Waals surface area contributed by atoms with Crippen molar-refractivity contribution in [3.8, 4) is 0 Å². The van der Waals surface area contributed by atoms with E-state index in [1.165, 1.54) is 18.2 Å². The van der Waals surface area contributed by atoms with Crippen molar-refractivity contribution in [1.29, 1.82) is 0 Å². The van der Waals surface area contributed by atoms with Crippen LogP contribution in [-0.4, -0.2) is 23.4 Å². The molecule has 4 N–H and O–H groups in total. The second-order valence-electron chi connectivity index (χ2n) is 6.54. The van der Waals surface area contributed by atoms with Crippen LogP contribution >= 0.6 is 0 Å². The Hall–Kier alpha value is -3.63. The normalized spacial score (nSPS) is 11.4. The predicted molar refractivity (Wildman–Crippen MR) is 113 cm³/mol. The van der Waals surface area contributed by atoms with E-state index in [4.69, 9.17) is 5.14 Å². The maximum absolute atomic E-state index is 14.4. The maximum atomic E-state index is 14.4. The number of aryl methyl sites for hydroxylation is 1. The first-order chi connectivity index (χ1) is 14.3. The Balaban J connectivity index is 1.66. The molecule has 30 heavy (non-hydrogen) atoms. The molecule has 2 aromatic heterocycles. The van der Waals surface area contributed by atoms with Gasteiger partial charge in [-0.25, -0.2) is 22.9 Å². The van der Waals surface area contributed by atoms with Gasteiger partial charge in [0.05, 0.1) is 22.3 Å². The summed E-state index contributed by atoms with van der Waals surface area (Å²) < 4.78 is 37.4. The minimum absolute atomic E-state index is 0.0501. The number of fused-ring (bicyclic) bond motifs is 1. The lowest BCUT2D eigenvalue weighted by Crippen LogP contribution is -2.12. The van der Waals surface area contributed by atoms with Gasteiger partial charge >= 0.3 is 0 Å². The van der Waals surface area contributed by atoms with Gasteiger partial charge in [0.2, 0.25) is 16.0 Å². The molecule has 10 heteroatoms. The molecule has 2 heterocycles. The summed E-state index contributed by atoms with van der Waals surface area (Å²) in [6, 6.07) is 15.2. The SMILES string of the molecule is Cc1ccc2cccc(Nc3nc(Nc4cccc(S(N)(=O)=O)c4)ncc3F)c2n1. The molecule has 0 saturated heterocycles. The lowest BCUT2D eigenvalue weighted by molar-refractivity contribution is 0.598. The van der Waals surface area contributed by atoms with Crippen LogP contribution in [0.3, 0.4) is 0 Å². The fraction of sp³-hybridized carbons (Fsp3) is 0.0500. The summed E-state index contributed by atoms with van der Waals surface area (Å²) in [7, 11) is -3.86. The molecule has 0 atom stereocenters. The average molecular weight is 424 g/mol. The summed E-state index contributed by atoms with van der Waals surface area (Å²) in [5.41, 5.74) is 2.50. The number of pyridine rings is 1. The molecule has 8 nitrogen and oxygen atoms in total. The fourth-order valence-corrected chi connectivity index (χ4v) is 3.43. The van der Waals surface area contributed by atoms with Gasteiger partial charge in [-0.2, -0.15) is 4.98 Å². The number of hydrogen-bond donors (Lipinski definition) is 3. The molecule has 0 fully saturated rings. The molecular weight excluding hydrogens is 407 g/mol. The summed E-state index contributed by atoms with van der Waals surface area (Å²) in [6.45, 7) is 1.87. The number of nitrogens with one attached hydrogen (secondary N) is 2. The minimum Gasteiger partial charge on any atom is -0.336 e. The molecule has 0 amide bonds. The fourth-order valence-electron chi connectivity index (χ4n) is 2.87. The van der Waals surface area contributed by atoms with E-state index in [2.05, 4.69) is 25.6 Å². The molecular formula is C20H17FN6O2S. The highest BCUT2D eigenvalue weighted by Gasteiger charge is 2.12. The van der Waals surface area contributed by atoms with Crippen molar-refractivity contribution >= 4 is 44.1 Å². The second-order valence-corrected chi connectivity index (χ2v) is 8.10. The van der Waals surface area contributed by atoms with Gasteiger partial charge in [-0.05, 0) is 37.3 Å². The third-order valence-electron chi connectivity index (χ3n) is 4.28. The van der Waals surface area contributed by atoms with Gasteiger partial charge in [0, 0.05) is 16.8 Å². The van der Waals surface area contributed by atoms with E-state index in [-0.39, 0.29) is 16.7 Å². The van der Waals surface area contributed by atoms with Crippen molar-refractivity contribution in [3.05, 3.63) is 72.3 Å². The molecule has 0 aliphatic rings. The Labute approximate surface area is 172 Å². The molecule has 0 bridgehead atoms. The van der Waals surface area contributed by atoms with Crippen LogP contribution < -0.4 is 15.8 Å². The largest absolute Gasteiger partial charge is 0.336 e. The molecule has 0 unspecified atom stereocenters. The van der Waals surface area contributed by atoms with Crippen molar-refractivity contribution < 1.29 is 12.8 Å². The first kappa shape index (κ1) is 19.7. The number of nitrogens with zero attached hydrogens (tertiary/aromatic N) is 3. The maximum Gasteiger partial charge on any atom is 0.238 e. The van der Waals surface area contributed by atoms with E-state index >= 15 is 0 Å². The van der Waals surface area contributed by atoms with Crippen molar-refractivity contribution in [2.45, 2.75) is 11.8 Å². The van der Waals surface area contributed by atoms with E-state index in [0.717, 1.165) is 17.3 Å². The Kier molecular flexibility index (Phi) is 5.02. The molecule has 0 aliphatic carbocycles. The van der Waals surface area contributed by atoms with E-state index in [1.807, 2.05) is 31.2 Å². The zero-order chi connectivity index (χ0) is 21.3. The number of aromatic nitrogens is 3. The summed E-state index contributed by atoms with van der Waals surface area (Å²) in [5, 5.41) is 11.9. The Morgan fingerprint density at radius 1 is 1.00 bits per heavy atom. The van der Waals surface area contributed by atoms with Crippen molar-refractivity contribution in [2.75, 3.05) is 10.6 Å². The molecule has 2 aromatic carbocycles. The second kappa shape index (κ2) is 7.65. The van der Waals surface area contributed by atoms with Gasteiger partial charge in [-0.3, -0.25) is 4.98 Å². The van der Waals surface area contributed by atoms with Crippen LogP contribution in [0.2, 0.25) is 0 Å². The van der Waals surface area contributed by atoms with Crippen molar-refractivity contribution in [2.24, 2.45) is 5.14 Å². The lowest BCUT2D eigenvalue weighted by atomic mass is 10.1. The summed E-state index contributed by atoms with van der Waals surface area (Å²) in [6.07, 6.45) is 1.02. The number of rotatable bonds is 5. The number of nitrogens with two attached hydrogens (primary N) is 1. The van der Waals surface area contributed by atoms with Gasteiger partial charge < -0.3 is 10.6 Å². The Bertz CT molecular complexity index is 1360. The first-order valence-electron chi connectivity index (χ1n) is 8.85. The number of para-hydroxylation sites is 1. The predicted octanol–water partition coefficient (Wildman–Crippen LogP) is 3.61. The van der Waals surface area contributed by atoms with Gasteiger partial charge in [-0.15, -0.1) is 0 Å². The van der Waals surface area contributed by atoms with Crippen LogP contribution in [0, 0.1) is 12.7 Å². The van der Waals surface area contributed by atoms with Crippen LogP contribution in [0.25, 0.3) is 10.9 Å². The number of sulfonamides is 1. The number of halogens is 1. The van der Waals surface area contributed by atoms with Gasteiger partial charge in [0.1, 0.15) is 0 Å². The molecule has 0 saturated carbocycles. The average Bonchev–Trinajstić information content (AvgIpc) is 2.70. The summed E-state index contributed by atoms with van der Waals surface area (Å²) in [5.74, 6) is -0.621. The summed E-state index contributed by atoms with van der Waals surface area (Å²) in [4.78, 5) is 12.5. The number of benzene rings is 2. The standard InChI is InChI=1S/C20H17FN6O2S/c1-12-8-9-13-4-2-7-17(18(13)24-12)26-19-16(21)11-23-20(27-19)25-14-5-3-6-15(10-14)30(22,28)29/h2-11H,1H3,(H2,22,28,29)(H2,23,25,26,27). The summed E-state index contributed by atoms with van der Waals surface area (Å²) >= 11 is 0. The molecule has 0 spiro atoms. The van der Waals surface area contributed by atoms with Gasteiger partial charge in [0.15, 0.2) is 11.6 Å². The lowest BCUT2D eigenvalue weighted by Gasteiger charge is -2.11. The smallest absolute Gasteiger partial charge is 0.238 e. The Morgan fingerprint density at radius 2 is 1.80 bits per heavy atom. The highest BCUT2D eigenvalue weighted by atomic mass is 32.2. The molecule has 152 valence electrons. The quantitative estimate of drug-likeness (QED) is 0.447. The van der Waals surface area contributed by atoms with Crippen LogP contribution in [-0.2, 0) is 10.0 Å². The van der Waals surface area contributed by atoms with E-state index in [9.17, 15) is 12.8 Å². The molecule has 0 radical (unpaired) electrons. The van der Waals surface area contributed by atoms with E-state index in [1.54, 1.807) is 12.1 Å². The van der Waals surface area contributed by atoms with Gasteiger partial charge in [0.25, 0.3) is 0 Å². The molecule has 0 aliphatic heterocycles. The van der Waals surface area contributed by atoms with Crippen molar-refractivity contribution in [1.82, 2.24) is 15.0 Å². The van der Waals surface area contributed by atoms with E-state index in [0.29, 0.717) is 16.9 Å². The number of hydrogen-bond acceptors (Lipinski definition) is 7. The molecule has 4 aromatic rings. The zero-order valence-corrected chi connectivity index (χ0v) is 16.6. The zero-order valence-electron chi connectivity index (χ0n) is 15.8. The van der Waals surface area contributed by atoms with Gasteiger partial charge in [-0.1, -0.05) is 24.3 Å². The third kappa shape index (κ3) is 4.19. The molecule has 4 rings (SSSR count). The van der Waals surface area contributed by atoms with E-state index < -0.39 is 15.8 Å². The highest BCUT2D eigenvalue weighted by molar-refractivity contribution is 7.89. The van der Waals surface area contributed by atoms with Crippen LogP contribution in [0.5, 0.6) is 0 Å². The minimum atomic E-state index is -3.86. The topological polar surface area (TPSA) is 123 Å². The van der Waals surface area contributed by atoms with Crippen molar-refractivity contribution in [3.63, 3.8) is 0 Å². The highest BCUT2D eigenvalue weighted by Crippen LogP contribution is 2.26. The number of primary sulfonamides is 1. The van der Waals surface area contributed by atoms with Crippen LogP contribution in [0.15, 0.2) is 65.7 Å². The van der Waals surface area contributed by atoms with Crippen LogP contribution in [0.1, 0.15) is 5.69 Å².